The molecule has 4 nitrogen and oxygen atoms in total. The minimum atomic E-state index is 0.0783. The second kappa shape index (κ2) is 8.76. The smallest absolute Gasteiger partial charge is 0.253 e. The number of carbonyl (C=O) groups excluding carboxylic acids is 1. The van der Waals surface area contributed by atoms with E-state index in [9.17, 15) is 4.79 Å². The van der Waals surface area contributed by atoms with E-state index in [0.29, 0.717) is 40.4 Å². The van der Waals surface area contributed by atoms with Gasteiger partial charge in [-0.2, -0.15) is 0 Å². The lowest BCUT2D eigenvalue weighted by molar-refractivity contribution is 0.0661. The molecule has 1 aliphatic heterocycles. The third kappa shape index (κ3) is 4.91. The van der Waals surface area contributed by atoms with Crippen molar-refractivity contribution in [2.24, 2.45) is 11.7 Å². The minimum absolute atomic E-state index is 0.0783. The van der Waals surface area contributed by atoms with Crippen molar-refractivity contribution < 1.29 is 9.53 Å². The molecule has 0 spiro atoms. The number of nitrogens with two attached hydrogens (primary N) is 1. The summed E-state index contributed by atoms with van der Waals surface area (Å²) in [5, 5.41) is 1.13. The van der Waals surface area contributed by atoms with Gasteiger partial charge in [0.05, 0.1) is 6.61 Å². The predicted octanol–water partition coefficient (Wildman–Crippen LogP) is 4.38. The summed E-state index contributed by atoms with van der Waals surface area (Å²) in [7, 11) is 0. The molecule has 0 aliphatic carbocycles. The summed E-state index contributed by atoms with van der Waals surface area (Å²) in [6, 6.07) is 12.7. The average molecular weight is 393 g/mol. The van der Waals surface area contributed by atoms with E-state index in [0.717, 1.165) is 31.5 Å². The molecule has 1 heterocycles. The Kier molecular flexibility index (Phi) is 6.41. The molecule has 1 amide bonds. The maximum absolute atomic E-state index is 12.6. The molecule has 6 heteroatoms. The lowest BCUT2D eigenvalue weighted by atomic mass is 9.97. The van der Waals surface area contributed by atoms with Crippen LogP contribution in [-0.2, 0) is 6.54 Å². The molecule has 0 aromatic heterocycles. The molecule has 0 radical (unpaired) electrons. The molecule has 0 bridgehead atoms. The maximum Gasteiger partial charge on any atom is 0.253 e. The third-order valence-corrected chi connectivity index (χ3v) is 5.10. The van der Waals surface area contributed by atoms with Gasteiger partial charge in [-0.15, -0.1) is 0 Å². The van der Waals surface area contributed by atoms with Gasteiger partial charge in [0, 0.05) is 35.2 Å². The lowest BCUT2D eigenvalue weighted by Gasteiger charge is -2.32. The number of hydrogen-bond donors (Lipinski definition) is 1. The van der Waals surface area contributed by atoms with Crippen molar-refractivity contribution in [2.45, 2.75) is 19.4 Å². The van der Waals surface area contributed by atoms with Crippen LogP contribution in [-0.4, -0.2) is 30.5 Å². The van der Waals surface area contributed by atoms with Gasteiger partial charge in [-0.3, -0.25) is 4.79 Å². The second-order valence-electron chi connectivity index (χ2n) is 6.55. The first-order valence-corrected chi connectivity index (χ1v) is 9.48. The largest absolute Gasteiger partial charge is 0.493 e. The zero-order valence-electron chi connectivity index (χ0n) is 14.5. The molecule has 0 saturated carbocycles. The number of benzene rings is 2. The molecule has 138 valence electrons. The SMILES string of the molecule is NCc1ccc(C(=O)N2CCC(COc3cc(Cl)cc(Cl)c3)CC2)cc1. The van der Waals surface area contributed by atoms with Gasteiger partial charge >= 0.3 is 0 Å². The van der Waals surface area contributed by atoms with Gasteiger partial charge < -0.3 is 15.4 Å². The number of nitrogens with zero attached hydrogens (tertiary/aromatic N) is 1. The number of amides is 1. The topological polar surface area (TPSA) is 55.6 Å². The number of rotatable bonds is 5. The van der Waals surface area contributed by atoms with E-state index in [1.54, 1.807) is 18.2 Å². The van der Waals surface area contributed by atoms with Crippen LogP contribution in [0.25, 0.3) is 0 Å². The number of piperidine rings is 1. The Morgan fingerprint density at radius 2 is 1.69 bits per heavy atom. The van der Waals surface area contributed by atoms with Gasteiger partial charge in [0.2, 0.25) is 0 Å². The molecule has 2 aromatic carbocycles. The summed E-state index contributed by atoms with van der Waals surface area (Å²) in [6.45, 7) is 2.56. The van der Waals surface area contributed by atoms with Crippen LogP contribution in [0.2, 0.25) is 10.0 Å². The van der Waals surface area contributed by atoms with Crippen molar-refractivity contribution in [1.82, 2.24) is 4.90 Å². The molecule has 1 aliphatic rings. The van der Waals surface area contributed by atoms with E-state index in [4.69, 9.17) is 33.7 Å². The van der Waals surface area contributed by atoms with Crippen LogP contribution in [0.3, 0.4) is 0 Å². The Bertz CT molecular complexity index is 737. The first-order chi connectivity index (χ1) is 12.5. The van der Waals surface area contributed by atoms with Crippen LogP contribution in [0, 0.1) is 5.92 Å². The van der Waals surface area contributed by atoms with Crippen LogP contribution in [0.1, 0.15) is 28.8 Å². The summed E-state index contributed by atoms with van der Waals surface area (Å²) in [4.78, 5) is 14.5. The summed E-state index contributed by atoms with van der Waals surface area (Å²) < 4.78 is 5.83. The van der Waals surface area contributed by atoms with Crippen LogP contribution in [0.5, 0.6) is 5.75 Å². The molecule has 1 fully saturated rings. The number of halogens is 2. The van der Waals surface area contributed by atoms with Crippen molar-refractivity contribution in [3.8, 4) is 5.75 Å². The third-order valence-electron chi connectivity index (χ3n) is 4.66. The Morgan fingerprint density at radius 1 is 1.08 bits per heavy atom. The minimum Gasteiger partial charge on any atom is -0.493 e. The fraction of sp³-hybridized carbons (Fsp3) is 0.350. The lowest BCUT2D eigenvalue weighted by Crippen LogP contribution is -2.39. The highest BCUT2D eigenvalue weighted by molar-refractivity contribution is 6.34. The van der Waals surface area contributed by atoms with Gasteiger partial charge in [-0.25, -0.2) is 0 Å². The standard InChI is InChI=1S/C20H22Cl2N2O2/c21-17-9-18(22)11-19(10-17)26-13-15-5-7-24(8-6-15)20(25)16-3-1-14(12-23)2-4-16/h1-4,9-11,15H,5-8,12-13,23H2. The normalized spacial score (nSPS) is 15.1. The van der Waals surface area contributed by atoms with Gasteiger partial charge in [-0.1, -0.05) is 35.3 Å². The van der Waals surface area contributed by atoms with Crippen molar-refractivity contribution in [2.75, 3.05) is 19.7 Å². The monoisotopic (exact) mass is 392 g/mol. The van der Waals surface area contributed by atoms with Crippen LogP contribution >= 0.6 is 23.2 Å². The second-order valence-corrected chi connectivity index (χ2v) is 7.43. The number of hydrogen-bond acceptors (Lipinski definition) is 3. The molecule has 2 N–H and O–H groups in total. The molecular formula is C20H22Cl2N2O2. The van der Waals surface area contributed by atoms with Crippen LogP contribution in [0.15, 0.2) is 42.5 Å². The van der Waals surface area contributed by atoms with E-state index in [-0.39, 0.29) is 5.91 Å². The first kappa shape index (κ1) is 19.0. The fourth-order valence-electron chi connectivity index (χ4n) is 3.09. The average Bonchev–Trinajstić information content (AvgIpc) is 2.65. The highest BCUT2D eigenvalue weighted by atomic mass is 35.5. The Hall–Kier alpha value is -1.75. The van der Waals surface area contributed by atoms with Gasteiger partial charge in [0.15, 0.2) is 0 Å². The summed E-state index contributed by atoms with van der Waals surface area (Å²) >= 11 is 12.0. The van der Waals surface area contributed by atoms with Crippen molar-refractivity contribution >= 4 is 29.1 Å². The van der Waals surface area contributed by atoms with Crippen LogP contribution in [0.4, 0.5) is 0 Å². The molecular weight excluding hydrogens is 371 g/mol. The number of ether oxygens (including phenoxy) is 1. The van der Waals surface area contributed by atoms with E-state index in [2.05, 4.69) is 0 Å². The van der Waals surface area contributed by atoms with Crippen LogP contribution < -0.4 is 10.5 Å². The molecule has 2 aromatic rings. The highest BCUT2D eigenvalue weighted by Crippen LogP contribution is 2.26. The summed E-state index contributed by atoms with van der Waals surface area (Å²) in [5.41, 5.74) is 7.34. The number of carbonyl (C=O) groups is 1. The quantitative estimate of drug-likeness (QED) is 0.820. The molecule has 0 unspecified atom stereocenters. The zero-order chi connectivity index (χ0) is 18.5. The molecule has 3 rings (SSSR count). The van der Waals surface area contributed by atoms with Gasteiger partial charge in [0.1, 0.15) is 5.75 Å². The molecule has 26 heavy (non-hydrogen) atoms. The van der Waals surface area contributed by atoms with E-state index >= 15 is 0 Å². The number of likely N-dealkylation sites (tertiary alicyclic amines) is 1. The van der Waals surface area contributed by atoms with Gasteiger partial charge in [0.25, 0.3) is 5.91 Å². The summed E-state index contributed by atoms with van der Waals surface area (Å²) in [6.07, 6.45) is 1.84. The predicted molar refractivity (Wildman–Crippen MR) is 105 cm³/mol. The zero-order valence-corrected chi connectivity index (χ0v) is 16.0. The van der Waals surface area contributed by atoms with E-state index < -0.39 is 0 Å². The van der Waals surface area contributed by atoms with Crippen molar-refractivity contribution in [3.63, 3.8) is 0 Å². The van der Waals surface area contributed by atoms with Gasteiger partial charge in [-0.05, 0) is 54.7 Å². The highest BCUT2D eigenvalue weighted by Gasteiger charge is 2.24. The Balaban J connectivity index is 1.49. The van der Waals surface area contributed by atoms with E-state index in [1.165, 1.54) is 0 Å². The van der Waals surface area contributed by atoms with E-state index in [1.807, 2.05) is 29.2 Å². The van der Waals surface area contributed by atoms with Crippen molar-refractivity contribution in [1.29, 1.82) is 0 Å². The molecule has 0 atom stereocenters. The fourth-order valence-corrected chi connectivity index (χ4v) is 3.60. The summed E-state index contributed by atoms with van der Waals surface area (Å²) in [5.74, 6) is 1.17. The maximum atomic E-state index is 12.6. The Labute approximate surface area is 163 Å². The molecule has 1 saturated heterocycles. The van der Waals surface area contributed by atoms with Crippen molar-refractivity contribution in [3.05, 3.63) is 63.6 Å². The Morgan fingerprint density at radius 3 is 2.27 bits per heavy atom. The first-order valence-electron chi connectivity index (χ1n) is 8.72.